The highest BCUT2D eigenvalue weighted by atomic mass is 28.4. The smallest absolute Gasteiger partial charge is 0.302 e. The number of rotatable bonds is 40. The van der Waals surface area contributed by atoms with Crippen LogP contribution in [0.1, 0.15) is 249 Å². The number of hydrogen-bond acceptors (Lipinski definition) is 19. The molecule has 0 aromatic heterocycles. The van der Waals surface area contributed by atoms with Crippen LogP contribution in [0.15, 0.2) is 36.6 Å². The molecule has 109 heavy (non-hydrogen) atoms. The van der Waals surface area contributed by atoms with Crippen LogP contribution in [-0.2, 0) is 88.7 Å². The Hall–Kier alpha value is -2.10. The van der Waals surface area contributed by atoms with Crippen LogP contribution in [0.5, 0.6) is 0 Å². The molecule has 630 valence electrons. The molecule has 19 nitrogen and oxygen atoms in total. The molecular weight excluding hydrogens is 1470 g/mol. The summed E-state index contributed by atoms with van der Waals surface area (Å²) in [4.78, 5) is 52.9. The van der Waals surface area contributed by atoms with E-state index >= 15 is 4.79 Å². The lowest BCUT2D eigenvalue weighted by Crippen LogP contribution is -2.67. The van der Waals surface area contributed by atoms with Crippen molar-refractivity contribution >= 4 is 65.6 Å². The zero-order valence-electron chi connectivity index (χ0n) is 73.6. The number of ether oxygens (including phenoxy) is 10. The van der Waals surface area contributed by atoms with Crippen molar-refractivity contribution in [1.82, 2.24) is 0 Å². The van der Waals surface area contributed by atoms with Gasteiger partial charge in [0.2, 0.25) is 0 Å². The summed E-state index contributed by atoms with van der Waals surface area (Å²) in [5, 5.41) is -0.105. The van der Waals surface area contributed by atoms with Gasteiger partial charge in [0.1, 0.15) is 36.5 Å². The SMILES string of the molecule is C=C(C[C@H]1C[C@](C)(O[Si](CC)(CC)CC)C[C@]2(C[C@@H](OC(C)=O)C[C@H](CC=O)O2)O1)[C@@H](C)[C@H](OC(C)=O)C(C)C(=O)C[C@@H]1C[C@H](OC)C[C@@]2(C[C@@H](O[Si](C)(C)C(C)(C)C)C[C@H](/C=C/CCC[C@H]3O[C@@](OC)([C@@H](O[Si](CC)(CC)CC)[C@@H]4OC=C[C@H](O[Si](CC)(CC)CC)[C@H]4C)C[C@H](O[Si](C)(C)C(C)(C)C)[C@H]3C)O2)O1. The van der Waals surface area contributed by atoms with E-state index in [0.29, 0.717) is 57.8 Å². The molecule has 2 spiro atoms. The Morgan fingerprint density at radius 3 is 1.74 bits per heavy atom. The van der Waals surface area contributed by atoms with Crippen molar-refractivity contribution in [1.29, 1.82) is 0 Å². The van der Waals surface area contributed by atoms with E-state index in [0.717, 1.165) is 85.5 Å². The molecule has 0 amide bonds. The summed E-state index contributed by atoms with van der Waals surface area (Å²) in [6.45, 7) is 61.2. The van der Waals surface area contributed by atoms with Crippen LogP contribution in [0.3, 0.4) is 0 Å². The minimum atomic E-state index is -2.36. The molecule has 0 N–H and O–H groups in total. The Bertz CT molecular complexity index is 2940. The number of carbonyl (C=O) groups is 4. The van der Waals surface area contributed by atoms with Crippen LogP contribution in [0.25, 0.3) is 0 Å². The van der Waals surface area contributed by atoms with Gasteiger partial charge in [-0.1, -0.05) is 156 Å². The number of allylic oxidation sites excluding steroid dienone is 1. The molecule has 0 aromatic carbocycles. The van der Waals surface area contributed by atoms with E-state index in [2.05, 4.69) is 176 Å². The van der Waals surface area contributed by atoms with Crippen molar-refractivity contribution in [3.8, 4) is 0 Å². The average molecular weight is 1620 g/mol. The van der Waals surface area contributed by atoms with Crippen molar-refractivity contribution in [2.45, 2.75) is 442 Å². The van der Waals surface area contributed by atoms with Gasteiger partial charge in [-0.25, -0.2) is 0 Å². The maximum absolute atomic E-state index is 15.2. The van der Waals surface area contributed by atoms with Gasteiger partial charge in [0.05, 0.1) is 72.7 Å². The number of aldehydes is 1. The predicted octanol–water partition coefficient (Wildman–Crippen LogP) is 20.1. The van der Waals surface area contributed by atoms with E-state index in [-0.39, 0.29) is 83.6 Å². The van der Waals surface area contributed by atoms with Crippen LogP contribution >= 0.6 is 0 Å². The molecule has 0 radical (unpaired) electrons. The molecule has 1 unspecified atom stereocenters. The molecule has 6 aliphatic rings. The monoisotopic (exact) mass is 1620 g/mol. The second-order valence-corrected chi connectivity index (χ2v) is 60.9. The minimum Gasteiger partial charge on any atom is -0.495 e. The summed E-state index contributed by atoms with van der Waals surface area (Å²) in [6, 6.07) is 8.81. The number of unbranched alkanes of at least 4 members (excludes halogenated alkanes) is 1. The molecule has 6 aliphatic heterocycles. The fourth-order valence-electron chi connectivity index (χ4n) is 18.1. The molecule has 6 rings (SSSR count). The van der Waals surface area contributed by atoms with Gasteiger partial charge in [0.25, 0.3) is 0 Å². The second kappa shape index (κ2) is 39.9. The van der Waals surface area contributed by atoms with Gasteiger partial charge in [-0.2, -0.15) is 0 Å². The standard InChI is InChI=1S/C85H156O19Si5/c1-30-107(31-2,32-3)102-75-45-47-92-78(63(75)14)79(103-108(33-4,34-5)35-6)85(91-25)57-76(101-106(28,29)81(20,21)22)62(13)74(99-85)43-41-39-40-42-66-50-72(100-105(26,27)80(17,18)19)56-83(95-66)54-69(90-24)51-68(97-83)52-73(89)61(12)77(94-65(16)88)60(11)59(10)48-71-53-82(23,104-109(36-7,37-8)38-9)58-84(98-71)55-70(93-64(15)87)49-67(96-84)44-46-86/h40,42,45-47,60-63,66-72,74-79H,10,30-39,41,43-44,48-58H2,1-9,11-29H3/b42-40+/t60-,61?,62+,63-,66+,67+,68+,69+,70+,71+,72+,74-,75+,76+,77+,78-,79+,82+,83+,84+,85-/m1/s1. The van der Waals surface area contributed by atoms with Gasteiger partial charge in [0, 0.05) is 116 Å². The first-order valence-electron chi connectivity index (χ1n) is 42.7. The van der Waals surface area contributed by atoms with Crippen LogP contribution in [0.2, 0.25) is 90.7 Å². The number of hydrogen-bond donors (Lipinski definition) is 0. The molecule has 5 fully saturated rings. The largest absolute Gasteiger partial charge is 0.495 e. The first-order chi connectivity index (χ1) is 50.8. The Balaban J connectivity index is 1.27. The zero-order valence-corrected chi connectivity index (χ0v) is 78.6. The van der Waals surface area contributed by atoms with Gasteiger partial charge in [-0.05, 0) is 129 Å². The summed E-state index contributed by atoms with van der Waals surface area (Å²) >= 11 is 0. The van der Waals surface area contributed by atoms with Crippen LogP contribution < -0.4 is 0 Å². The van der Waals surface area contributed by atoms with Crippen LogP contribution in [0, 0.1) is 23.7 Å². The Morgan fingerprint density at radius 1 is 0.633 bits per heavy atom. The summed E-state index contributed by atoms with van der Waals surface area (Å²) < 4.78 is 106. The van der Waals surface area contributed by atoms with Crippen molar-refractivity contribution < 1.29 is 88.7 Å². The third kappa shape index (κ3) is 24.3. The van der Waals surface area contributed by atoms with Gasteiger partial charge in [-0.3, -0.25) is 14.4 Å². The topological polar surface area (TPSA) is 207 Å². The molecule has 24 heteroatoms. The number of ketones is 1. The summed E-state index contributed by atoms with van der Waals surface area (Å²) in [5.41, 5.74) is 0.0323. The molecule has 5 saturated heterocycles. The number of Topliss-reactive ketones (excluding diaryl/α,β-unsaturated/α-hetero) is 1. The van der Waals surface area contributed by atoms with Crippen molar-refractivity contribution in [2.75, 3.05) is 14.2 Å². The average Bonchev–Trinajstić information content (AvgIpc) is 0.764. The summed E-state index contributed by atoms with van der Waals surface area (Å²) in [7, 11) is -7.78. The van der Waals surface area contributed by atoms with Gasteiger partial charge >= 0.3 is 11.9 Å². The van der Waals surface area contributed by atoms with Gasteiger partial charge in [0.15, 0.2) is 58.9 Å². The third-order valence-electron chi connectivity index (χ3n) is 27.7. The van der Waals surface area contributed by atoms with Crippen LogP contribution in [0.4, 0.5) is 0 Å². The number of methoxy groups -OCH3 is 2. The Morgan fingerprint density at radius 2 is 1.19 bits per heavy atom. The highest BCUT2D eigenvalue weighted by Crippen LogP contribution is 2.53. The zero-order chi connectivity index (χ0) is 81.7. The maximum atomic E-state index is 15.2. The molecule has 6 heterocycles. The quantitative estimate of drug-likeness (QED) is 0.0184. The normalized spacial score (nSPS) is 33.0. The van der Waals surface area contributed by atoms with E-state index < -0.39 is 131 Å². The van der Waals surface area contributed by atoms with E-state index in [1.54, 1.807) is 14.2 Å². The van der Waals surface area contributed by atoms with Gasteiger partial charge < -0.3 is 74.3 Å². The van der Waals surface area contributed by atoms with E-state index in [1.807, 2.05) is 20.1 Å². The molecular formula is C85H156O19Si5. The number of esters is 2. The lowest BCUT2D eigenvalue weighted by molar-refractivity contribution is -0.347. The predicted molar refractivity (Wildman–Crippen MR) is 446 cm³/mol. The van der Waals surface area contributed by atoms with E-state index in [4.69, 9.17) is 69.5 Å². The second-order valence-electron chi connectivity index (χ2n) is 37.3. The maximum Gasteiger partial charge on any atom is 0.302 e. The molecule has 0 aliphatic carbocycles. The molecule has 0 bridgehead atoms. The fourth-order valence-corrected chi connectivity index (χ4v) is 29.8. The van der Waals surface area contributed by atoms with Crippen molar-refractivity contribution in [2.24, 2.45) is 23.7 Å². The highest BCUT2D eigenvalue weighted by Gasteiger charge is 2.61. The van der Waals surface area contributed by atoms with Crippen molar-refractivity contribution in [3.05, 3.63) is 36.6 Å². The molecule has 21 atom stereocenters. The Kier molecular flexibility index (Phi) is 35.1. The summed E-state index contributed by atoms with van der Waals surface area (Å²) in [5.74, 6) is -5.88. The minimum absolute atomic E-state index is 0.0267. The molecule has 0 saturated carbocycles. The fraction of sp³-hybridized carbons (Fsp3) is 0.882. The van der Waals surface area contributed by atoms with E-state index in [1.165, 1.54) is 13.8 Å². The highest BCUT2D eigenvalue weighted by molar-refractivity contribution is 6.75. The van der Waals surface area contributed by atoms with Crippen molar-refractivity contribution in [3.63, 3.8) is 0 Å². The first kappa shape index (κ1) is 95.7. The van der Waals surface area contributed by atoms with Gasteiger partial charge in [-0.15, -0.1) is 0 Å². The van der Waals surface area contributed by atoms with E-state index in [9.17, 15) is 14.4 Å². The third-order valence-corrected chi connectivity index (χ3v) is 50.8. The molecule has 0 aromatic rings. The first-order valence-corrected chi connectivity index (χ1v) is 56.1. The summed E-state index contributed by atoms with van der Waals surface area (Å²) in [6.07, 6.45) is 10.7. The Labute approximate surface area is 666 Å². The lowest BCUT2D eigenvalue weighted by atomic mass is 9.78. The number of carbonyl (C=O) groups excluding carboxylic acids is 4. The van der Waals surface area contributed by atoms with Crippen LogP contribution in [-0.4, -0.2) is 182 Å². The lowest BCUT2D eigenvalue weighted by Gasteiger charge is -2.55.